The van der Waals surface area contributed by atoms with Gasteiger partial charge in [0.1, 0.15) is 6.61 Å². The molecule has 0 radical (unpaired) electrons. The molecule has 0 bridgehead atoms. The van der Waals surface area contributed by atoms with Crippen molar-refractivity contribution in [1.29, 1.82) is 0 Å². The molecular weight excluding hydrogens is 216 g/mol. The number of nitrogens with one attached hydrogen (secondary N) is 1. The molecule has 0 heterocycles. The molecule has 82 valence electrons. The Morgan fingerprint density at radius 1 is 1.53 bits per heavy atom. The second-order valence-corrected chi connectivity index (χ2v) is 3.58. The van der Waals surface area contributed by atoms with Gasteiger partial charge in [0, 0.05) is 5.02 Å². The molecule has 0 aliphatic heterocycles. The number of primary amides is 1. The molecule has 1 aromatic rings. The zero-order valence-electron chi connectivity index (χ0n) is 8.37. The quantitative estimate of drug-likeness (QED) is 0.749. The van der Waals surface area contributed by atoms with E-state index >= 15 is 0 Å². The number of hydroxylamine groups is 1. The Kier molecular flexibility index (Phi) is 4.55. The molecule has 1 atom stereocenters. The van der Waals surface area contributed by atoms with Crippen LogP contribution in [0.2, 0.25) is 5.02 Å². The normalized spacial score (nSPS) is 12.4. The summed E-state index contributed by atoms with van der Waals surface area (Å²) >= 11 is 5.75. The van der Waals surface area contributed by atoms with Crippen LogP contribution >= 0.6 is 11.6 Å². The molecule has 0 aliphatic carbocycles. The summed E-state index contributed by atoms with van der Waals surface area (Å²) in [6.45, 7) is 1.77. The molecule has 0 saturated carbocycles. The van der Waals surface area contributed by atoms with Crippen molar-refractivity contribution in [3.8, 4) is 0 Å². The lowest BCUT2D eigenvalue weighted by atomic mass is 10.1. The fourth-order valence-corrected chi connectivity index (χ4v) is 1.18. The highest BCUT2D eigenvalue weighted by Crippen LogP contribution is 2.15. The van der Waals surface area contributed by atoms with Crippen LogP contribution in [0, 0.1) is 0 Å². The van der Waals surface area contributed by atoms with E-state index in [4.69, 9.17) is 22.2 Å². The summed E-state index contributed by atoms with van der Waals surface area (Å²) in [7, 11) is 0. The van der Waals surface area contributed by atoms with Crippen LogP contribution in [0.1, 0.15) is 18.5 Å². The zero-order valence-corrected chi connectivity index (χ0v) is 9.12. The average Bonchev–Trinajstić information content (AvgIpc) is 2.18. The summed E-state index contributed by atoms with van der Waals surface area (Å²) in [6.07, 6.45) is 0. The molecule has 0 aliphatic rings. The molecule has 0 saturated heterocycles. The van der Waals surface area contributed by atoms with Crippen LogP contribution < -0.4 is 11.2 Å². The first-order chi connectivity index (χ1) is 7.09. The first-order valence-electron chi connectivity index (χ1n) is 4.50. The minimum atomic E-state index is -0.509. The standard InChI is InChI=1S/C10H13ClN2O2/c1-7(13-15-6-10(12)14)8-2-4-9(11)5-3-8/h2-5,7,13H,6H2,1H3,(H2,12,14). The van der Waals surface area contributed by atoms with E-state index in [-0.39, 0.29) is 12.6 Å². The van der Waals surface area contributed by atoms with Crippen molar-refractivity contribution < 1.29 is 9.63 Å². The van der Waals surface area contributed by atoms with Gasteiger partial charge < -0.3 is 5.73 Å². The molecule has 0 spiro atoms. The Balaban J connectivity index is 2.43. The number of carbonyl (C=O) groups excluding carboxylic acids is 1. The topological polar surface area (TPSA) is 64.3 Å². The van der Waals surface area contributed by atoms with E-state index in [1.165, 1.54) is 0 Å². The molecule has 1 aromatic carbocycles. The van der Waals surface area contributed by atoms with Gasteiger partial charge in [-0.2, -0.15) is 5.48 Å². The van der Waals surface area contributed by atoms with Crippen LogP contribution in [0.25, 0.3) is 0 Å². The van der Waals surface area contributed by atoms with Gasteiger partial charge in [-0.3, -0.25) is 9.63 Å². The average molecular weight is 229 g/mol. The summed E-state index contributed by atoms with van der Waals surface area (Å²) in [5.41, 5.74) is 8.64. The highest BCUT2D eigenvalue weighted by Gasteiger charge is 2.05. The highest BCUT2D eigenvalue weighted by atomic mass is 35.5. The Bertz CT molecular complexity index is 327. The molecular formula is C10H13ClN2O2. The van der Waals surface area contributed by atoms with Gasteiger partial charge in [0.25, 0.3) is 0 Å². The minimum Gasteiger partial charge on any atom is -0.368 e. The van der Waals surface area contributed by atoms with Crippen LogP contribution in [-0.2, 0) is 9.63 Å². The molecule has 3 N–H and O–H groups in total. The SMILES string of the molecule is CC(NOCC(N)=O)c1ccc(Cl)cc1. The van der Waals surface area contributed by atoms with Crippen LogP contribution in [0.15, 0.2) is 24.3 Å². The number of halogens is 1. The Labute approximate surface area is 93.3 Å². The van der Waals surface area contributed by atoms with E-state index in [2.05, 4.69) is 5.48 Å². The van der Waals surface area contributed by atoms with Gasteiger partial charge in [-0.05, 0) is 24.6 Å². The van der Waals surface area contributed by atoms with Gasteiger partial charge in [0.05, 0.1) is 6.04 Å². The van der Waals surface area contributed by atoms with Crippen LogP contribution in [0.3, 0.4) is 0 Å². The van der Waals surface area contributed by atoms with Crippen molar-refractivity contribution in [3.05, 3.63) is 34.9 Å². The van der Waals surface area contributed by atoms with Gasteiger partial charge in [-0.25, -0.2) is 0 Å². The molecule has 1 unspecified atom stereocenters. The van der Waals surface area contributed by atoms with Crippen LogP contribution in [-0.4, -0.2) is 12.5 Å². The Morgan fingerprint density at radius 2 is 2.13 bits per heavy atom. The second kappa shape index (κ2) is 5.70. The smallest absolute Gasteiger partial charge is 0.245 e. The molecule has 4 nitrogen and oxygen atoms in total. The summed E-state index contributed by atoms with van der Waals surface area (Å²) in [6, 6.07) is 7.33. The Morgan fingerprint density at radius 3 is 2.67 bits per heavy atom. The summed E-state index contributed by atoms with van der Waals surface area (Å²) in [5, 5.41) is 0.684. The van der Waals surface area contributed by atoms with E-state index in [9.17, 15) is 4.79 Å². The maximum Gasteiger partial charge on any atom is 0.245 e. The van der Waals surface area contributed by atoms with E-state index in [0.717, 1.165) is 5.56 Å². The molecule has 1 rings (SSSR count). The van der Waals surface area contributed by atoms with E-state index < -0.39 is 5.91 Å². The predicted octanol–water partition coefficient (Wildman–Crippen LogP) is 1.41. The second-order valence-electron chi connectivity index (χ2n) is 3.15. The lowest BCUT2D eigenvalue weighted by molar-refractivity contribution is -0.126. The maximum absolute atomic E-state index is 10.4. The number of nitrogens with two attached hydrogens (primary N) is 1. The number of hydrogen-bond donors (Lipinski definition) is 2. The third-order valence-electron chi connectivity index (χ3n) is 1.84. The molecule has 0 aromatic heterocycles. The van der Waals surface area contributed by atoms with Crippen molar-refractivity contribution in [2.24, 2.45) is 5.73 Å². The van der Waals surface area contributed by atoms with E-state index in [1.807, 2.05) is 19.1 Å². The van der Waals surface area contributed by atoms with Gasteiger partial charge >= 0.3 is 0 Å². The highest BCUT2D eigenvalue weighted by molar-refractivity contribution is 6.30. The first-order valence-corrected chi connectivity index (χ1v) is 4.88. The molecule has 15 heavy (non-hydrogen) atoms. The number of hydrogen-bond acceptors (Lipinski definition) is 3. The largest absolute Gasteiger partial charge is 0.368 e. The lowest BCUT2D eigenvalue weighted by Gasteiger charge is -2.13. The van der Waals surface area contributed by atoms with Crippen LogP contribution in [0.4, 0.5) is 0 Å². The molecule has 5 heteroatoms. The van der Waals surface area contributed by atoms with Crippen LogP contribution in [0.5, 0.6) is 0 Å². The fraction of sp³-hybridized carbons (Fsp3) is 0.300. The Hall–Kier alpha value is -1.10. The third-order valence-corrected chi connectivity index (χ3v) is 2.10. The fourth-order valence-electron chi connectivity index (χ4n) is 1.06. The van der Waals surface area contributed by atoms with Crippen molar-refractivity contribution in [2.75, 3.05) is 6.61 Å². The van der Waals surface area contributed by atoms with Crippen molar-refractivity contribution in [1.82, 2.24) is 5.48 Å². The molecule has 0 fully saturated rings. The molecule has 1 amide bonds. The van der Waals surface area contributed by atoms with Gasteiger partial charge in [-0.15, -0.1) is 0 Å². The van der Waals surface area contributed by atoms with Crippen molar-refractivity contribution in [2.45, 2.75) is 13.0 Å². The summed E-state index contributed by atoms with van der Waals surface area (Å²) in [4.78, 5) is 15.3. The van der Waals surface area contributed by atoms with E-state index in [0.29, 0.717) is 5.02 Å². The summed E-state index contributed by atoms with van der Waals surface area (Å²) in [5.74, 6) is -0.509. The summed E-state index contributed by atoms with van der Waals surface area (Å²) < 4.78 is 0. The monoisotopic (exact) mass is 228 g/mol. The predicted molar refractivity (Wildman–Crippen MR) is 58.1 cm³/mol. The number of amides is 1. The maximum atomic E-state index is 10.4. The zero-order chi connectivity index (χ0) is 11.3. The van der Waals surface area contributed by atoms with Crippen molar-refractivity contribution in [3.63, 3.8) is 0 Å². The van der Waals surface area contributed by atoms with Gasteiger partial charge in [0.15, 0.2) is 0 Å². The van der Waals surface area contributed by atoms with Gasteiger partial charge in [0.2, 0.25) is 5.91 Å². The lowest BCUT2D eigenvalue weighted by Crippen LogP contribution is -2.26. The van der Waals surface area contributed by atoms with Crippen molar-refractivity contribution >= 4 is 17.5 Å². The third kappa shape index (κ3) is 4.29. The van der Waals surface area contributed by atoms with Gasteiger partial charge in [-0.1, -0.05) is 23.7 Å². The van der Waals surface area contributed by atoms with E-state index in [1.54, 1.807) is 12.1 Å². The number of benzene rings is 1. The number of carbonyl (C=O) groups is 1. The minimum absolute atomic E-state index is 0.0263. The number of rotatable bonds is 5. The first kappa shape index (κ1) is 12.0.